The molecule has 1 amide bonds. The molecule has 0 saturated heterocycles. The van der Waals surface area contributed by atoms with E-state index >= 15 is 0 Å². The predicted octanol–water partition coefficient (Wildman–Crippen LogP) is 1.80. The number of amides is 1. The third-order valence-corrected chi connectivity index (χ3v) is 3.62. The maximum Gasteiger partial charge on any atom is 0.239 e. The van der Waals surface area contributed by atoms with E-state index in [1.807, 2.05) is 0 Å². The fourth-order valence-electron chi connectivity index (χ4n) is 1.34. The molecule has 7 heteroatoms. The quantitative estimate of drug-likeness (QED) is 0.884. The minimum Gasteiger partial charge on any atom is -0.378 e. The van der Waals surface area contributed by atoms with Gasteiger partial charge in [0, 0.05) is 12.7 Å². The Morgan fingerprint density at radius 1 is 1.65 bits per heavy atom. The lowest BCUT2D eigenvalue weighted by molar-refractivity contribution is -0.118. The van der Waals surface area contributed by atoms with Crippen molar-refractivity contribution in [2.75, 3.05) is 5.32 Å². The highest BCUT2D eigenvalue weighted by Gasteiger charge is 2.02. The van der Waals surface area contributed by atoms with Crippen molar-refractivity contribution >= 4 is 38.9 Å². The lowest BCUT2D eigenvalue weighted by Crippen LogP contribution is -2.18. The van der Waals surface area contributed by atoms with E-state index in [9.17, 15) is 4.79 Å². The molecule has 0 aliphatic carbocycles. The largest absolute Gasteiger partial charge is 0.378 e. The number of carbonyl (C=O) groups is 1. The number of carbonyl (C=O) groups excluding carboxylic acids is 1. The van der Waals surface area contributed by atoms with Gasteiger partial charge < -0.3 is 11.1 Å². The highest BCUT2D eigenvalue weighted by Crippen LogP contribution is 2.21. The molecule has 0 aliphatic heterocycles. The van der Waals surface area contributed by atoms with E-state index < -0.39 is 5.91 Å². The van der Waals surface area contributed by atoms with Crippen LogP contribution in [0.4, 0.5) is 5.69 Å². The van der Waals surface area contributed by atoms with Crippen LogP contribution in [0.3, 0.4) is 0 Å². The number of halogens is 1. The van der Waals surface area contributed by atoms with Gasteiger partial charge in [-0.3, -0.25) is 9.48 Å². The zero-order valence-corrected chi connectivity index (χ0v) is 11.3. The first kappa shape index (κ1) is 12.1. The molecule has 0 saturated carbocycles. The van der Waals surface area contributed by atoms with E-state index in [1.165, 1.54) is 10.2 Å². The Morgan fingerprint density at radius 3 is 3.12 bits per heavy atom. The van der Waals surface area contributed by atoms with Crippen molar-refractivity contribution in [3.05, 3.63) is 33.2 Å². The average molecular weight is 315 g/mol. The van der Waals surface area contributed by atoms with E-state index in [0.717, 1.165) is 16.0 Å². The first-order chi connectivity index (χ1) is 8.13. The van der Waals surface area contributed by atoms with Crippen LogP contribution in [-0.4, -0.2) is 15.7 Å². The molecule has 2 rings (SSSR count). The van der Waals surface area contributed by atoms with Crippen LogP contribution in [0.5, 0.6) is 0 Å². The summed E-state index contributed by atoms with van der Waals surface area (Å²) in [6, 6.07) is 2.06. The van der Waals surface area contributed by atoms with Crippen molar-refractivity contribution in [3.63, 3.8) is 0 Å². The molecular formula is C10H11BrN4OS. The number of hydrogen-bond acceptors (Lipinski definition) is 4. The van der Waals surface area contributed by atoms with Crippen LogP contribution in [0.25, 0.3) is 0 Å². The standard InChI is InChI=1S/C10H11BrN4OS/c11-9-1-7(6-17-9)2-13-8-3-14-15(4-8)5-10(12)16/h1,3-4,6,13H,2,5H2,(H2,12,16). The molecule has 0 unspecified atom stereocenters. The third-order valence-electron chi connectivity index (χ3n) is 2.07. The van der Waals surface area contributed by atoms with Crippen LogP contribution >= 0.6 is 27.3 Å². The van der Waals surface area contributed by atoms with Crippen LogP contribution < -0.4 is 11.1 Å². The molecule has 90 valence electrons. The van der Waals surface area contributed by atoms with Crippen molar-refractivity contribution in [2.24, 2.45) is 5.73 Å². The average Bonchev–Trinajstić information content (AvgIpc) is 2.84. The topological polar surface area (TPSA) is 72.9 Å². The molecule has 3 N–H and O–H groups in total. The lowest BCUT2D eigenvalue weighted by Gasteiger charge is -2.00. The molecule has 2 aromatic rings. The van der Waals surface area contributed by atoms with Crippen molar-refractivity contribution in [1.82, 2.24) is 9.78 Å². The van der Waals surface area contributed by atoms with E-state index in [-0.39, 0.29) is 6.54 Å². The zero-order valence-electron chi connectivity index (χ0n) is 8.89. The van der Waals surface area contributed by atoms with Crippen LogP contribution in [0.15, 0.2) is 27.6 Å². The van der Waals surface area contributed by atoms with Gasteiger partial charge >= 0.3 is 0 Å². The predicted molar refractivity (Wildman–Crippen MR) is 70.8 cm³/mol. The Bertz CT molecular complexity index is 522. The molecule has 5 nitrogen and oxygen atoms in total. The molecule has 0 aliphatic rings. The fraction of sp³-hybridized carbons (Fsp3) is 0.200. The molecular weight excluding hydrogens is 304 g/mol. The van der Waals surface area contributed by atoms with Crippen molar-refractivity contribution in [2.45, 2.75) is 13.1 Å². The van der Waals surface area contributed by atoms with Gasteiger partial charge in [-0.15, -0.1) is 11.3 Å². The normalized spacial score (nSPS) is 10.4. The van der Waals surface area contributed by atoms with E-state index in [0.29, 0.717) is 0 Å². The summed E-state index contributed by atoms with van der Waals surface area (Å²) in [7, 11) is 0. The number of nitrogens with two attached hydrogens (primary N) is 1. The molecule has 0 atom stereocenters. The van der Waals surface area contributed by atoms with E-state index in [4.69, 9.17) is 5.73 Å². The summed E-state index contributed by atoms with van der Waals surface area (Å²) in [5, 5.41) is 9.31. The second-order valence-electron chi connectivity index (χ2n) is 3.51. The number of primary amides is 1. The maximum atomic E-state index is 10.7. The molecule has 0 aromatic carbocycles. The van der Waals surface area contributed by atoms with Crippen molar-refractivity contribution in [3.8, 4) is 0 Å². The smallest absolute Gasteiger partial charge is 0.239 e. The van der Waals surface area contributed by atoms with Gasteiger partial charge in [0.15, 0.2) is 0 Å². The number of anilines is 1. The van der Waals surface area contributed by atoms with Gasteiger partial charge in [-0.05, 0) is 32.9 Å². The Balaban J connectivity index is 1.91. The first-order valence-electron chi connectivity index (χ1n) is 4.91. The summed E-state index contributed by atoms with van der Waals surface area (Å²) in [6.07, 6.45) is 3.43. The molecule has 2 heterocycles. The zero-order chi connectivity index (χ0) is 12.3. The van der Waals surface area contributed by atoms with Gasteiger partial charge in [0.05, 0.1) is 15.7 Å². The van der Waals surface area contributed by atoms with Gasteiger partial charge in [0.2, 0.25) is 5.91 Å². The summed E-state index contributed by atoms with van der Waals surface area (Å²) in [6.45, 7) is 0.829. The molecule has 0 spiro atoms. The van der Waals surface area contributed by atoms with Gasteiger partial charge in [-0.25, -0.2) is 0 Å². The maximum absolute atomic E-state index is 10.7. The van der Waals surface area contributed by atoms with Gasteiger partial charge in [-0.2, -0.15) is 5.10 Å². The van der Waals surface area contributed by atoms with E-state index in [2.05, 4.69) is 37.8 Å². The SMILES string of the molecule is NC(=O)Cn1cc(NCc2csc(Br)c2)cn1. The number of rotatable bonds is 5. The summed E-state index contributed by atoms with van der Waals surface area (Å²) < 4.78 is 2.62. The van der Waals surface area contributed by atoms with Crippen LogP contribution in [0.2, 0.25) is 0 Å². The Kier molecular flexibility index (Phi) is 3.80. The first-order valence-corrected chi connectivity index (χ1v) is 6.58. The fourth-order valence-corrected chi connectivity index (χ4v) is 2.55. The summed E-state index contributed by atoms with van der Waals surface area (Å²) >= 11 is 5.06. The summed E-state index contributed by atoms with van der Waals surface area (Å²) in [5.74, 6) is -0.401. The Morgan fingerprint density at radius 2 is 2.47 bits per heavy atom. The summed E-state index contributed by atoms with van der Waals surface area (Å²) in [5.41, 5.74) is 7.15. The van der Waals surface area contributed by atoms with Gasteiger partial charge in [-0.1, -0.05) is 0 Å². The third kappa shape index (κ3) is 3.57. The second kappa shape index (κ2) is 5.33. The highest BCUT2D eigenvalue weighted by atomic mass is 79.9. The lowest BCUT2D eigenvalue weighted by atomic mass is 10.3. The van der Waals surface area contributed by atoms with Crippen molar-refractivity contribution in [1.29, 1.82) is 0 Å². The molecule has 2 aromatic heterocycles. The molecule has 17 heavy (non-hydrogen) atoms. The number of nitrogens with zero attached hydrogens (tertiary/aromatic N) is 2. The summed E-state index contributed by atoms with van der Waals surface area (Å²) in [4.78, 5) is 10.7. The molecule has 0 fully saturated rings. The van der Waals surface area contributed by atoms with E-state index in [1.54, 1.807) is 23.7 Å². The number of nitrogens with one attached hydrogen (secondary N) is 1. The van der Waals surface area contributed by atoms with Crippen LogP contribution in [0, 0.1) is 0 Å². The second-order valence-corrected chi connectivity index (χ2v) is 5.80. The van der Waals surface area contributed by atoms with Crippen molar-refractivity contribution < 1.29 is 4.79 Å². The minimum absolute atomic E-state index is 0.103. The van der Waals surface area contributed by atoms with Crippen LogP contribution in [0.1, 0.15) is 5.56 Å². The Hall–Kier alpha value is -1.34. The van der Waals surface area contributed by atoms with Gasteiger partial charge in [0.25, 0.3) is 0 Å². The highest BCUT2D eigenvalue weighted by molar-refractivity contribution is 9.11. The molecule has 0 radical (unpaired) electrons. The van der Waals surface area contributed by atoms with Crippen LogP contribution in [-0.2, 0) is 17.9 Å². The van der Waals surface area contributed by atoms with Gasteiger partial charge in [0.1, 0.15) is 6.54 Å². The number of thiophene rings is 1. The minimum atomic E-state index is -0.401. The number of hydrogen-bond donors (Lipinski definition) is 2. The monoisotopic (exact) mass is 314 g/mol. The Labute approximate surface area is 111 Å². The molecule has 0 bridgehead atoms. The number of aromatic nitrogens is 2.